The molecular weight excluding hydrogens is 494 g/mol. The van der Waals surface area contributed by atoms with Gasteiger partial charge in [-0.1, -0.05) is 80.2 Å². The second kappa shape index (κ2) is 11.5. The Morgan fingerprint density at radius 2 is 1.58 bits per heavy atom. The molecule has 1 amide bonds. The fourth-order valence-corrected chi connectivity index (χ4v) is 5.08. The zero-order chi connectivity index (χ0) is 26.5. The summed E-state index contributed by atoms with van der Waals surface area (Å²) in [7, 11) is 0. The highest BCUT2D eigenvalue weighted by atomic mass is 32.2. The van der Waals surface area contributed by atoms with Crippen molar-refractivity contribution in [2.24, 2.45) is 4.99 Å². The van der Waals surface area contributed by atoms with Gasteiger partial charge in [-0.2, -0.15) is 4.99 Å². The molecule has 3 aromatic carbocycles. The van der Waals surface area contributed by atoms with Crippen LogP contribution in [0.25, 0.3) is 11.8 Å². The highest BCUT2D eigenvalue weighted by Gasteiger charge is 2.36. The molecular formula is C31H29N3O3S. The Kier molecular flexibility index (Phi) is 7.75. The van der Waals surface area contributed by atoms with Crippen LogP contribution < -0.4 is 9.47 Å². The number of ether oxygens (including phenoxy) is 2. The van der Waals surface area contributed by atoms with Gasteiger partial charge in [-0.05, 0) is 59.4 Å². The Hall–Kier alpha value is -4.10. The van der Waals surface area contributed by atoms with Crippen LogP contribution in [0.3, 0.4) is 0 Å². The van der Waals surface area contributed by atoms with Crippen molar-refractivity contribution in [2.45, 2.75) is 26.2 Å². The number of rotatable bonds is 9. The zero-order valence-corrected chi connectivity index (χ0v) is 22.2. The maximum atomic E-state index is 12.7. The van der Waals surface area contributed by atoms with E-state index in [1.807, 2.05) is 72.1 Å². The van der Waals surface area contributed by atoms with Crippen LogP contribution in [0.5, 0.6) is 11.5 Å². The van der Waals surface area contributed by atoms with E-state index in [2.05, 4.69) is 31.0 Å². The van der Waals surface area contributed by atoms with Crippen molar-refractivity contribution >= 4 is 40.4 Å². The van der Waals surface area contributed by atoms with Crippen molar-refractivity contribution in [1.29, 1.82) is 5.41 Å². The minimum atomic E-state index is -0.411. The number of hydrogen-bond donors (Lipinski definition) is 1. The Bertz CT molecular complexity index is 1410. The van der Waals surface area contributed by atoms with Crippen molar-refractivity contribution in [2.75, 3.05) is 13.2 Å². The lowest BCUT2D eigenvalue weighted by Gasteiger charge is -2.26. The fraction of sp³-hybridized carbons (Fsp3) is 0.194. The Labute approximate surface area is 227 Å². The molecule has 0 bridgehead atoms. The number of nitrogens with one attached hydrogen (secondary N) is 1. The fourth-order valence-electron chi connectivity index (χ4n) is 4.19. The van der Waals surface area contributed by atoms with Gasteiger partial charge in [0.15, 0.2) is 5.17 Å². The summed E-state index contributed by atoms with van der Waals surface area (Å²) in [6, 6.07) is 25.5. The third-order valence-electron chi connectivity index (χ3n) is 6.56. The van der Waals surface area contributed by atoms with Crippen LogP contribution >= 0.6 is 11.8 Å². The quantitative estimate of drug-likeness (QED) is 0.242. The summed E-state index contributed by atoms with van der Waals surface area (Å²) >= 11 is 1.36. The van der Waals surface area contributed by atoms with Crippen molar-refractivity contribution in [3.05, 3.63) is 107 Å². The number of fused-ring (bicyclic) bond motifs is 1. The molecule has 2 aliphatic heterocycles. The number of hydrogen-bond acceptors (Lipinski definition) is 5. The molecule has 2 aliphatic rings. The lowest BCUT2D eigenvalue weighted by atomic mass is 9.99. The van der Waals surface area contributed by atoms with Crippen LogP contribution in [-0.2, 0) is 4.79 Å². The Balaban J connectivity index is 1.19. The molecule has 0 spiro atoms. The van der Waals surface area contributed by atoms with Gasteiger partial charge in [-0.25, -0.2) is 0 Å². The number of carbonyl (C=O) groups is 1. The average Bonchev–Trinajstić information content (AvgIpc) is 3.38. The Morgan fingerprint density at radius 1 is 0.947 bits per heavy atom. The van der Waals surface area contributed by atoms with E-state index in [0.717, 1.165) is 29.0 Å². The van der Waals surface area contributed by atoms with Gasteiger partial charge in [0.25, 0.3) is 5.91 Å². The van der Waals surface area contributed by atoms with E-state index in [4.69, 9.17) is 14.9 Å². The first-order valence-electron chi connectivity index (χ1n) is 12.6. The van der Waals surface area contributed by atoms with E-state index < -0.39 is 5.91 Å². The highest BCUT2D eigenvalue weighted by molar-refractivity contribution is 8.17. The second-order valence-electron chi connectivity index (χ2n) is 9.07. The maximum Gasteiger partial charge on any atom is 0.283 e. The summed E-state index contributed by atoms with van der Waals surface area (Å²) < 4.78 is 11.6. The van der Waals surface area contributed by atoms with E-state index in [1.165, 1.54) is 17.3 Å². The van der Waals surface area contributed by atoms with Crippen molar-refractivity contribution in [1.82, 2.24) is 4.90 Å². The van der Waals surface area contributed by atoms with Gasteiger partial charge < -0.3 is 9.47 Å². The van der Waals surface area contributed by atoms with E-state index in [1.54, 1.807) is 11.0 Å². The number of thioether (sulfide) groups is 1. The van der Waals surface area contributed by atoms with Gasteiger partial charge in [0, 0.05) is 5.41 Å². The predicted molar refractivity (Wildman–Crippen MR) is 155 cm³/mol. The molecule has 38 heavy (non-hydrogen) atoms. The smallest absolute Gasteiger partial charge is 0.283 e. The molecule has 0 aromatic heterocycles. The van der Waals surface area contributed by atoms with Gasteiger partial charge in [0.05, 0.1) is 11.3 Å². The van der Waals surface area contributed by atoms with Gasteiger partial charge in [0.1, 0.15) is 30.5 Å². The van der Waals surface area contributed by atoms with E-state index in [-0.39, 0.29) is 11.4 Å². The van der Waals surface area contributed by atoms with Crippen LogP contribution in [0.4, 0.5) is 0 Å². The number of amidine groups is 2. The average molecular weight is 524 g/mol. The number of aliphatic imine (C=N–C) groups is 1. The minimum Gasteiger partial charge on any atom is -0.490 e. The number of carbonyl (C=O) groups excluding carboxylic acids is 1. The van der Waals surface area contributed by atoms with Crippen LogP contribution in [0.15, 0.2) is 94.8 Å². The molecule has 0 saturated heterocycles. The van der Waals surface area contributed by atoms with Gasteiger partial charge in [-0.3, -0.25) is 15.1 Å². The standard InChI is InChI=1S/C31H29N3O3S/c1-3-21(2)23-11-15-26(16-12-23)37-18-17-36-25-13-9-22(10-14-25)19-27-29(32)34-28(24-7-5-4-6-8-24)20-38-31(34)33-30(27)35/h4-16,19-21,32H,3,17-18H2,1-2H3. The molecule has 3 aromatic rings. The van der Waals surface area contributed by atoms with Gasteiger partial charge >= 0.3 is 0 Å². The largest absolute Gasteiger partial charge is 0.490 e. The molecule has 0 radical (unpaired) electrons. The summed E-state index contributed by atoms with van der Waals surface area (Å²) in [5.41, 5.74) is 4.17. The van der Waals surface area contributed by atoms with E-state index >= 15 is 0 Å². The summed E-state index contributed by atoms with van der Waals surface area (Å²) in [5, 5.41) is 11.2. The predicted octanol–water partition coefficient (Wildman–Crippen LogP) is 6.96. The van der Waals surface area contributed by atoms with Crippen LogP contribution in [0.2, 0.25) is 0 Å². The second-order valence-corrected chi connectivity index (χ2v) is 9.91. The van der Waals surface area contributed by atoms with Crippen LogP contribution in [0.1, 0.15) is 42.9 Å². The van der Waals surface area contributed by atoms with E-state index in [0.29, 0.717) is 30.0 Å². The summed E-state index contributed by atoms with van der Waals surface area (Å²) in [4.78, 5) is 18.7. The molecule has 192 valence electrons. The normalized spacial score (nSPS) is 16.7. The third-order valence-corrected chi connectivity index (χ3v) is 7.38. The zero-order valence-electron chi connectivity index (χ0n) is 21.4. The van der Waals surface area contributed by atoms with Gasteiger partial charge in [0.2, 0.25) is 0 Å². The van der Waals surface area contributed by atoms with E-state index in [9.17, 15) is 4.79 Å². The maximum absolute atomic E-state index is 12.7. The minimum absolute atomic E-state index is 0.120. The molecule has 6 nitrogen and oxygen atoms in total. The topological polar surface area (TPSA) is 75.0 Å². The lowest BCUT2D eigenvalue weighted by Crippen LogP contribution is -2.38. The van der Waals surface area contributed by atoms with Crippen molar-refractivity contribution in [3.8, 4) is 11.5 Å². The molecule has 0 saturated carbocycles. The van der Waals surface area contributed by atoms with Crippen LogP contribution in [-0.4, -0.2) is 35.0 Å². The molecule has 7 heteroatoms. The molecule has 1 N–H and O–H groups in total. The lowest BCUT2D eigenvalue weighted by molar-refractivity contribution is -0.114. The monoisotopic (exact) mass is 523 g/mol. The SMILES string of the molecule is CCC(C)c1ccc(OCCOc2ccc(C=C3C(=N)N4C(c5ccccc5)=CSC4=NC3=O)cc2)cc1. The first-order valence-corrected chi connectivity index (χ1v) is 13.5. The first-order chi connectivity index (χ1) is 18.5. The molecule has 1 atom stereocenters. The first kappa shape index (κ1) is 25.5. The number of nitrogens with zero attached hydrogens (tertiary/aromatic N) is 2. The highest BCUT2D eigenvalue weighted by Crippen LogP contribution is 2.37. The summed E-state index contributed by atoms with van der Waals surface area (Å²) in [6.45, 7) is 5.26. The van der Waals surface area contributed by atoms with Crippen molar-refractivity contribution < 1.29 is 14.3 Å². The molecule has 0 aliphatic carbocycles. The molecule has 1 unspecified atom stereocenters. The molecule has 0 fully saturated rings. The van der Waals surface area contributed by atoms with Crippen LogP contribution in [0, 0.1) is 5.41 Å². The number of amides is 1. The number of benzene rings is 3. The van der Waals surface area contributed by atoms with Gasteiger partial charge in [-0.15, -0.1) is 0 Å². The Morgan fingerprint density at radius 3 is 2.21 bits per heavy atom. The summed E-state index contributed by atoms with van der Waals surface area (Å²) in [5.74, 6) is 1.79. The molecule has 2 heterocycles. The summed E-state index contributed by atoms with van der Waals surface area (Å²) in [6.07, 6.45) is 2.81. The third kappa shape index (κ3) is 5.58. The van der Waals surface area contributed by atoms with Crippen molar-refractivity contribution in [3.63, 3.8) is 0 Å². The molecule has 5 rings (SSSR count).